The first-order valence-electron chi connectivity index (χ1n) is 6.83. The fourth-order valence-corrected chi connectivity index (χ4v) is 2.84. The van der Waals surface area contributed by atoms with Crippen LogP contribution in [0.2, 0.25) is 0 Å². The minimum atomic E-state index is 0. The van der Waals surface area contributed by atoms with Gasteiger partial charge in [0.15, 0.2) is 0 Å². The quantitative estimate of drug-likeness (QED) is 0.826. The first-order valence-corrected chi connectivity index (χ1v) is 6.83. The van der Waals surface area contributed by atoms with E-state index < -0.39 is 0 Å². The van der Waals surface area contributed by atoms with Crippen LogP contribution in [0.4, 0.5) is 0 Å². The van der Waals surface area contributed by atoms with E-state index in [1.165, 1.54) is 32.1 Å². The van der Waals surface area contributed by atoms with Gasteiger partial charge in [-0.3, -0.25) is 4.79 Å². The molecule has 0 aromatic carbocycles. The van der Waals surface area contributed by atoms with Gasteiger partial charge in [-0.1, -0.05) is 19.8 Å². The van der Waals surface area contributed by atoms with Crippen molar-refractivity contribution >= 4 is 18.3 Å². The van der Waals surface area contributed by atoms with E-state index in [2.05, 4.69) is 17.1 Å². The van der Waals surface area contributed by atoms with Crippen molar-refractivity contribution < 1.29 is 4.79 Å². The summed E-state index contributed by atoms with van der Waals surface area (Å²) in [6.45, 7) is 5.23. The molecule has 2 aliphatic rings. The lowest BCUT2D eigenvalue weighted by molar-refractivity contribution is -0.135. The Morgan fingerprint density at radius 2 is 1.94 bits per heavy atom. The lowest BCUT2D eigenvalue weighted by atomic mass is 9.93. The summed E-state index contributed by atoms with van der Waals surface area (Å²) in [5.41, 5.74) is 0. The second-order valence-electron chi connectivity index (χ2n) is 5.18. The van der Waals surface area contributed by atoms with Crippen molar-refractivity contribution in [3.8, 4) is 0 Å². The number of hydrogen-bond donors (Lipinski definition) is 1. The SMILES string of the molecule is CCC1CCN(C(=O)[C@@H]2CCCCN2)CC1.Cl. The number of carbonyl (C=O) groups is 1. The van der Waals surface area contributed by atoms with Gasteiger partial charge in [0.25, 0.3) is 0 Å². The summed E-state index contributed by atoms with van der Waals surface area (Å²) in [5, 5.41) is 3.35. The maximum Gasteiger partial charge on any atom is 0.239 e. The molecule has 0 spiro atoms. The minimum Gasteiger partial charge on any atom is -0.341 e. The standard InChI is InChI=1S/C13H24N2O.ClH/c1-2-11-6-9-15(10-7-11)13(16)12-5-3-4-8-14-12;/h11-12,14H,2-10H2,1H3;1H/t12-;/m0./s1. The molecule has 1 N–H and O–H groups in total. The van der Waals surface area contributed by atoms with Crippen LogP contribution in [0.5, 0.6) is 0 Å². The van der Waals surface area contributed by atoms with Crippen molar-refractivity contribution in [2.24, 2.45) is 5.92 Å². The van der Waals surface area contributed by atoms with Gasteiger partial charge in [0.05, 0.1) is 6.04 Å². The maximum absolute atomic E-state index is 12.2. The molecule has 1 amide bonds. The lowest BCUT2D eigenvalue weighted by Crippen LogP contribution is -2.50. The Balaban J connectivity index is 0.00000144. The van der Waals surface area contributed by atoms with E-state index in [1.54, 1.807) is 0 Å². The fraction of sp³-hybridized carbons (Fsp3) is 0.923. The third-order valence-corrected chi connectivity index (χ3v) is 4.11. The Bertz CT molecular complexity index is 234. The zero-order valence-electron chi connectivity index (χ0n) is 10.8. The van der Waals surface area contributed by atoms with Crippen LogP contribution >= 0.6 is 12.4 Å². The van der Waals surface area contributed by atoms with E-state index in [9.17, 15) is 4.79 Å². The molecule has 1 atom stereocenters. The molecular weight excluding hydrogens is 236 g/mol. The van der Waals surface area contributed by atoms with E-state index >= 15 is 0 Å². The van der Waals surface area contributed by atoms with Gasteiger partial charge in [-0.2, -0.15) is 0 Å². The zero-order valence-corrected chi connectivity index (χ0v) is 11.6. The van der Waals surface area contributed by atoms with Gasteiger partial charge in [0.1, 0.15) is 0 Å². The van der Waals surface area contributed by atoms with Crippen molar-refractivity contribution in [1.82, 2.24) is 10.2 Å². The molecule has 0 radical (unpaired) electrons. The summed E-state index contributed by atoms with van der Waals surface area (Å²) in [7, 11) is 0. The third kappa shape index (κ3) is 3.85. The normalized spacial score (nSPS) is 26.4. The highest BCUT2D eigenvalue weighted by atomic mass is 35.5. The topological polar surface area (TPSA) is 32.3 Å². The molecule has 2 saturated heterocycles. The molecule has 2 rings (SSSR count). The van der Waals surface area contributed by atoms with E-state index in [-0.39, 0.29) is 18.4 Å². The first kappa shape index (κ1) is 14.8. The Hall–Kier alpha value is -0.280. The second-order valence-corrected chi connectivity index (χ2v) is 5.18. The molecular formula is C13H25ClN2O. The highest BCUT2D eigenvalue weighted by Crippen LogP contribution is 2.21. The number of piperidine rings is 2. The van der Waals surface area contributed by atoms with Gasteiger partial charge in [0.2, 0.25) is 5.91 Å². The monoisotopic (exact) mass is 260 g/mol. The van der Waals surface area contributed by atoms with Gasteiger partial charge in [-0.05, 0) is 38.1 Å². The van der Waals surface area contributed by atoms with E-state index in [0.717, 1.165) is 32.0 Å². The maximum atomic E-state index is 12.2. The molecule has 2 fully saturated rings. The number of amides is 1. The van der Waals surface area contributed by atoms with Gasteiger partial charge in [-0.15, -0.1) is 12.4 Å². The van der Waals surface area contributed by atoms with Crippen molar-refractivity contribution in [3.63, 3.8) is 0 Å². The number of rotatable bonds is 2. The molecule has 2 heterocycles. The minimum absolute atomic E-state index is 0. The second kappa shape index (κ2) is 7.22. The zero-order chi connectivity index (χ0) is 11.4. The predicted octanol–water partition coefficient (Wildman–Crippen LogP) is 2.20. The van der Waals surface area contributed by atoms with Gasteiger partial charge >= 0.3 is 0 Å². The average molecular weight is 261 g/mol. The Labute approximate surface area is 111 Å². The largest absolute Gasteiger partial charge is 0.341 e. The van der Waals surface area contributed by atoms with Crippen molar-refractivity contribution in [2.75, 3.05) is 19.6 Å². The van der Waals surface area contributed by atoms with E-state index in [0.29, 0.717) is 5.91 Å². The Kier molecular flexibility index (Phi) is 6.28. The van der Waals surface area contributed by atoms with Crippen LogP contribution in [-0.4, -0.2) is 36.5 Å². The van der Waals surface area contributed by atoms with Crippen LogP contribution in [0.3, 0.4) is 0 Å². The molecule has 100 valence electrons. The van der Waals surface area contributed by atoms with E-state index in [1.807, 2.05) is 0 Å². The van der Waals surface area contributed by atoms with Crippen LogP contribution in [0.1, 0.15) is 45.4 Å². The number of carbonyl (C=O) groups excluding carboxylic acids is 1. The summed E-state index contributed by atoms with van der Waals surface area (Å²) in [5.74, 6) is 1.21. The number of halogens is 1. The predicted molar refractivity (Wildman–Crippen MR) is 72.5 cm³/mol. The van der Waals surface area contributed by atoms with Gasteiger partial charge < -0.3 is 10.2 Å². The molecule has 17 heavy (non-hydrogen) atoms. The highest BCUT2D eigenvalue weighted by molar-refractivity contribution is 5.85. The van der Waals surface area contributed by atoms with Crippen molar-refractivity contribution in [1.29, 1.82) is 0 Å². The van der Waals surface area contributed by atoms with Crippen LogP contribution < -0.4 is 5.32 Å². The van der Waals surface area contributed by atoms with Crippen LogP contribution in [0, 0.1) is 5.92 Å². The number of nitrogens with zero attached hydrogens (tertiary/aromatic N) is 1. The van der Waals surface area contributed by atoms with Gasteiger partial charge in [0, 0.05) is 13.1 Å². The Morgan fingerprint density at radius 1 is 1.24 bits per heavy atom. The summed E-state index contributed by atoms with van der Waals surface area (Å²) in [6, 6.07) is 0.118. The van der Waals surface area contributed by atoms with Crippen molar-refractivity contribution in [3.05, 3.63) is 0 Å². The molecule has 4 heteroatoms. The number of nitrogens with one attached hydrogen (secondary N) is 1. The number of hydrogen-bond acceptors (Lipinski definition) is 2. The summed E-state index contributed by atoms with van der Waals surface area (Å²) in [6.07, 6.45) is 7.14. The van der Waals surface area contributed by atoms with E-state index in [4.69, 9.17) is 0 Å². The third-order valence-electron chi connectivity index (χ3n) is 4.11. The molecule has 2 aliphatic heterocycles. The first-order chi connectivity index (χ1) is 7.81. The molecule has 0 saturated carbocycles. The molecule has 0 aliphatic carbocycles. The van der Waals surface area contributed by atoms with Crippen LogP contribution in [0.15, 0.2) is 0 Å². The number of likely N-dealkylation sites (tertiary alicyclic amines) is 1. The van der Waals surface area contributed by atoms with Gasteiger partial charge in [-0.25, -0.2) is 0 Å². The molecule has 0 bridgehead atoms. The summed E-state index contributed by atoms with van der Waals surface area (Å²) < 4.78 is 0. The lowest BCUT2D eigenvalue weighted by Gasteiger charge is -2.35. The Morgan fingerprint density at radius 3 is 2.47 bits per heavy atom. The van der Waals surface area contributed by atoms with Crippen molar-refractivity contribution in [2.45, 2.75) is 51.5 Å². The van der Waals surface area contributed by atoms with Crippen LogP contribution in [0.25, 0.3) is 0 Å². The highest BCUT2D eigenvalue weighted by Gasteiger charge is 2.28. The molecule has 0 aromatic heterocycles. The molecule has 0 unspecified atom stereocenters. The fourth-order valence-electron chi connectivity index (χ4n) is 2.84. The molecule has 0 aromatic rings. The molecule has 3 nitrogen and oxygen atoms in total. The average Bonchev–Trinajstić information content (AvgIpc) is 2.39. The van der Waals surface area contributed by atoms with Crippen LogP contribution in [-0.2, 0) is 4.79 Å². The summed E-state index contributed by atoms with van der Waals surface area (Å²) >= 11 is 0. The smallest absolute Gasteiger partial charge is 0.239 e. The summed E-state index contributed by atoms with van der Waals surface area (Å²) in [4.78, 5) is 14.3.